The van der Waals surface area contributed by atoms with Gasteiger partial charge in [0.15, 0.2) is 0 Å². The molecule has 0 aliphatic heterocycles. The number of hydrogen-bond donors (Lipinski definition) is 1. The van der Waals surface area contributed by atoms with Gasteiger partial charge in [-0.1, -0.05) is 26.0 Å². The highest BCUT2D eigenvalue weighted by Gasteiger charge is 2.08. The van der Waals surface area contributed by atoms with E-state index in [1.165, 1.54) is 5.56 Å². The second-order valence-corrected chi connectivity index (χ2v) is 4.56. The average molecular weight is 222 g/mol. The summed E-state index contributed by atoms with van der Waals surface area (Å²) in [5.41, 5.74) is 1.27. The molecule has 0 saturated carbocycles. The van der Waals surface area contributed by atoms with Gasteiger partial charge in [-0.05, 0) is 42.9 Å². The number of ether oxygens (including phenoxy) is 1. The van der Waals surface area contributed by atoms with Crippen molar-refractivity contribution in [3.05, 3.63) is 29.8 Å². The third-order valence-electron chi connectivity index (χ3n) is 2.87. The molecule has 1 unspecified atom stereocenters. The lowest BCUT2D eigenvalue weighted by molar-refractivity contribution is 0.114. The topological polar surface area (TPSA) is 29.5 Å². The first-order valence-corrected chi connectivity index (χ1v) is 5.94. The van der Waals surface area contributed by atoms with E-state index in [0.29, 0.717) is 5.92 Å². The van der Waals surface area contributed by atoms with Gasteiger partial charge in [-0.25, -0.2) is 0 Å². The van der Waals surface area contributed by atoms with Gasteiger partial charge >= 0.3 is 0 Å². The van der Waals surface area contributed by atoms with Crippen molar-refractivity contribution in [3.63, 3.8) is 0 Å². The number of rotatable bonds is 6. The molecule has 90 valence electrons. The molecule has 0 bridgehead atoms. The van der Waals surface area contributed by atoms with Crippen LogP contribution in [0.4, 0.5) is 0 Å². The zero-order valence-electron chi connectivity index (χ0n) is 10.4. The fourth-order valence-corrected chi connectivity index (χ4v) is 1.68. The van der Waals surface area contributed by atoms with E-state index in [2.05, 4.69) is 26.0 Å². The van der Waals surface area contributed by atoms with Crippen molar-refractivity contribution < 1.29 is 9.84 Å². The summed E-state index contributed by atoms with van der Waals surface area (Å²) in [6.45, 7) is 4.10. The van der Waals surface area contributed by atoms with Crippen LogP contribution >= 0.6 is 0 Å². The number of hydrogen-bond acceptors (Lipinski definition) is 2. The van der Waals surface area contributed by atoms with Crippen LogP contribution in [-0.2, 0) is 6.42 Å². The van der Waals surface area contributed by atoms with Gasteiger partial charge in [0.05, 0.1) is 13.2 Å². The van der Waals surface area contributed by atoms with Crippen molar-refractivity contribution in [2.75, 3.05) is 7.11 Å². The largest absolute Gasteiger partial charge is 0.497 e. The Hall–Kier alpha value is -1.02. The van der Waals surface area contributed by atoms with Crippen LogP contribution in [0.5, 0.6) is 5.75 Å². The lowest BCUT2D eigenvalue weighted by Crippen LogP contribution is -2.14. The van der Waals surface area contributed by atoms with Crippen molar-refractivity contribution in [1.82, 2.24) is 0 Å². The Balaban J connectivity index is 2.37. The summed E-state index contributed by atoms with van der Waals surface area (Å²) < 4.78 is 5.17. The predicted molar refractivity (Wildman–Crippen MR) is 66.8 cm³/mol. The zero-order valence-corrected chi connectivity index (χ0v) is 10.4. The van der Waals surface area contributed by atoms with Gasteiger partial charge in [-0.15, -0.1) is 0 Å². The lowest BCUT2D eigenvalue weighted by atomic mass is 9.99. The lowest BCUT2D eigenvalue weighted by Gasteiger charge is -2.13. The van der Waals surface area contributed by atoms with Crippen molar-refractivity contribution in [3.8, 4) is 5.75 Å². The number of benzene rings is 1. The van der Waals surface area contributed by atoms with E-state index < -0.39 is 0 Å². The highest BCUT2D eigenvalue weighted by atomic mass is 16.5. The van der Waals surface area contributed by atoms with Gasteiger partial charge in [0.1, 0.15) is 5.75 Å². The molecule has 1 aromatic carbocycles. The van der Waals surface area contributed by atoms with Gasteiger partial charge in [0.25, 0.3) is 0 Å². The smallest absolute Gasteiger partial charge is 0.119 e. The molecule has 0 saturated heterocycles. The normalized spacial score (nSPS) is 12.8. The maximum atomic E-state index is 9.68. The molecule has 1 atom stereocenters. The van der Waals surface area contributed by atoms with Crippen LogP contribution in [0, 0.1) is 5.92 Å². The molecule has 0 aromatic heterocycles. The molecular formula is C14H22O2. The van der Waals surface area contributed by atoms with Gasteiger partial charge in [0.2, 0.25) is 0 Å². The van der Waals surface area contributed by atoms with E-state index >= 15 is 0 Å². The fraction of sp³-hybridized carbons (Fsp3) is 0.571. The SMILES string of the molecule is COc1cccc(CCCC(O)C(C)C)c1. The monoisotopic (exact) mass is 222 g/mol. The number of methoxy groups -OCH3 is 1. The van der Waals surface area contributed by atoms with Crippen LogP contribution in [0.3, 0.4) is 0 Å². The minimum atomic E-state index is -0.175. The molecule has 1 rings (SSSR count). The Kier molecular flexibility index (Phi) is 5.33. The Labute approximate surface area is 98.3 Å². The van der Waals surface area contributed by atoms with E-state index in [-0.39, 0.29) is 6.10 Å². The van der Waals surface area contributed by atoms with Crippen LogP contribution in [0.1, 0.15) is 32.3 Å². The first kappa shape index (κ1) is 13.0. The van der Waals surface area contributed by atoms with E-state index in [0.717, 1.165) is 25.0 Å². The summed E-state index contributed by atoms with van der Waals surface area (Å²) in [4.78, 5) is 0. The molecule has 0 aliphatic carbocycles. The van der Waals surface area contributed by atoms with Crippen LogP contribution in [0.15, 0.2) is 24.3 Å². The number of aliphatic hydroxyl groups is 1. The standard InChI is InChI=1S/C14H22O2/c1-11(2)14(15)9-5-7-12-6-4-8-13(10-12)16-3/h4,6,8,10-11,14-15H,5,7,9H2,1-3H3. The minimum Gasteiger partial charge on any atom is -0.497 e. The van der Waals surface area contributed by atoms with Crippen LogP contribution < -0.4 is 4.74 Å². The van der Waals surface area contributed by atoms with Crippen LogP contribution in [0.2, 0.25) is 0 Å². The quantitative estimate of drug-likeness (QED) is 0.801. The third-order valence-corrected chi connectivity index (χ3v) is 2.87. The molecule has 0 spiro atoms. The molecule has 0 fully saturated rings. The Morgan fingerprint density at radius 2 is 2.06 bits per heavy atom. The molecule has 0 radical (unpaired) electrons. The maximum absolute atomic E-state index is 9.68. The van der Waals surface area contributed by atoms with E-state index in [4.69, 9.17) is 4.74 Å². The van der Waals surface area contributed by atoms with Gasteiger partial charge in [-0.3, -0.25) is 0 Å². The summed E-state index contributed by atoms with van der Waals surface area (Å²) in [5, 5.41) is 9.68. The summed E-state index contributed by atoms with van der Waals surface area (Å²) in [6, 6.07) is 8.12. The fourth-order valence-electron chi connectivity index (χ4n) is 1.68. The van der Waals surface area contributed by atoms with Gasteiger partial charge < -0.3 is 9.84 Å². The highest BCUT2D eigenvalue weighted by Crippen LogP contribution is 2.16. The van der Waals surface area contributed by atoms with Gasteiger partial charge in [0, 0.05) is 0 Å². The second kappa shape index (κ2) is 6.54. The molecular weight excluding hydrogens is 200 g/mol. The first-order chi connectivity index (χ1) is 7.63. The summed E-state index contributed by atoms with van der Waals surface area (Å²) >= 11 is 0. The van der Waals surface area contributed by atoms with E-state index in [1.807, 2.05) is 12.1 Å². The Morgan fingerprint density at radius 1 is 1.31 bits per heavy atom. The molecule has 2 heteroatoms. The zero-order chi connectivity index (χ0) is 12.0. The highest BCUT2D eigenvalue weighted by molar-refractivity contribution is 5.28. The molecule has 16 heavy (non-hydrogen) atoms. The van der Waals surface area contributed by atoms with Crippen LogP contribution in [0.25, 0.3) is 0 Å². The summed E-state index contributed by atoms with van der Waals surface area (Å²) in [5.74, 6) is 1.26. The first-order valence-electron chi connectivity index (χ1n) is 5.94. The molecule has 2 nitrogen and oxygen atoms in total. The third kappa shape index (κ3) is 4.23. The van der Waals surface area contributed by atoms with E-state index in [1.54, 1.807) is 7.11 Å². The minimum absolute atomic E-state index is 0.175. The van der Waals surface area contributed by atoms with Crippen molar-refractivity contribution in [2.24, 2.45) is 5.92 Å². The maximum Gasteiger partial charge on any atom is 0.119 e. The Morgan fingerprint density at radius 3 is 2.69 bits per heavy atom. The van der Waals surface area contributed by atoms with Crippen molar-refractivity contribution in [2.45, 2.75) is 39.2 Å². The summed E-state index contributed by atoms with van der Waals surface area (Å²) in [6.07, 6.45) is 2.72. The van der Waals surface area contributed by atoms with Crippen molar-refractivity contribution in [1.29, 1.82) is 0 Å². The molecule has 0 heterocycles. The Bertz CT molecular complexity index is 307. The second-order valence-electron chi connectivity index (χ2n) is 4.56. The van der Waals surface area contributed by atoms with Crippen molar-refractivity contribution >= 4 is 0 Å². The summed E-state index contributed by atoms with van der Waals surface area (Å²) in [7, 11) is 1.68. The molecule has 1 aromatic rings. The van der Waals surface area contributed by atoms with Crippen LogP contribution in [-0.4, -0.2) is 18.3 Å². The predicted octanol–water partition coefficient (Wildman–Crippen LogP) is 3.03. The average Bonchev–Trinajstić information content (AvgIpc) is 2.29. The molecule has 1 N–H and O–H groups in total. The molecule has 0 amide bonds. The number of aryl methyl sites for hydroxylation is 1. The molecule has 0 aliphatic rings. The number of aliphatic hydroxyl groups excluding tert-OH is 1. The van der Waals surface area contributed by atoms with E-state index in [9.17, 15) is 5.11 Å². The van der Waals surface area contributed by atoms with Gasteiger partial charge in [-0.2, -0.15) is 0 Å².